The van der Waals surface area contributed by atoms with Crippen molar-refractivity contribution in [3.05, 3.63) is 65.3 Å². The predicted molar refractivity (Wildman–Crippen MR) is 109 cm³/mol. The number of nitrogens with zero attached hydrogens (tertiary/aromatic N) is 3. The molecule has 0 fully saturated rings. The fraction of sp³-hybridized carbons (Fsp3) is 0.364. The summed E-state index contributed by atoms with van der Waals surface area (Å²) in [5.74, 6) is 0.0279. The minimum Gasteiger partial charge on any atom is -1.00 e. The molecule has 1 heterocycles. The van der Waals surface area contributed by atoms with E-state index < -0.39 is 0 Å². The zero-order valence-corrected chi connectivity index (χ0v) is 18.4. The lowest BCUT2D eigenvalue weighted by Gasteiger charge is -2.18. The van der Waals surface area contributed by atoms with Gasteiger partial charge in [-0.15, -0.1) is 0 Å². The molecule has 1 aromatic heterocycles. The summed E-state index contributed by atoms with van der Waals surface area (Å²) in [6, 6.07) is 15.6. The van der Waals surface area contributed by atoms with Crippen LogP contribution in [0.3, 0.4) is 0 Å². The molecular weight excluding hydrogens is 416 g/mol. The van der Waals surface area contributed by atoms with Crippen LogP contribution < -0.4 is 22.6 Å². The SMILES string of the molecule is CCN(CC)CCn1c(=N)n(CC(=O)c2ccc(C)cc2)c2ccccc21.[Br-]. The second-order valence-corrected chi connectivity index (χ2v) is 6.87. The number of ketones is 1. The number of para-hydroxylation sites is 2. The topological polar surface area (TPSA) is 54.0 Å². The van der Waals surface area contributed by atoms with Gasteiger partial charge in [-0.3, -0.25) is 10.2 Å². The molecule has 3 rings (SSSR count). The number of benzene rings is 2. The molecule has 150 valence electrons. The van der Waals surface area contributed by atoms with Crippen LogP contribution in [-0.2, 0) is 13.1 Å². The summed E-state index contributed by atoms with van der Waals surface area (Å²) in [6.07, 6.45) is 0. The quantitative estimate of drug-likeness (QED) is 0.514. The number of halogens is 1. The Morgan fingerprint density at radius 2 is 1.54 bits per heavy atom. The number of carbonyl (C=O) groups is 1. The van der Waals surface area contributed by atoms with Crippen molar-refractivity contribution in [2.24, 2.45) is 0 Å². The van der Waals surface area contributed by atoms with Crippen molar-refractivity contribution >= 4 is 16.8 Å². The highest BCUT2D eigenvalue weighted by Crippen LogP contribution is 2.14. The first-order chi connectivity index (χ1) is 13.0. The van der Waals surface area contributed by atoms with Crippen molar-refractivity contribution in [3.8, 4) is 0 Å². The van der Waals surface area contributed by atoms with E-state index in [9.17, 15) is 4.79 Å². The molecule has 0 radical (unpaired) electrons. The monoisotopic (exact) mass is 443 g/mol. The molecule has 5 nitrogen and oxygen atoms in total. The van der Waals surface area contributed by atoms with Crippen molar-refractivity contribution in [1.29, 1.82) is 5.41 Å². The van der Waals surface area contributed by atoms with Crippen LogP contribution >= 0.6 is 0 Å². The van der Waals surface area contributed by atoms with Crippen LogP contribution in [-0.4, -0.2) is 39.5 Å². The minimum absolute atomic E-state index is 0. The summed E-state index contributed by atoms with van der Waals surface area (Å²) >= 11 is 0. The number of nitrogens with one attached hydrogen (secondary N) is 1. The molecule has 0 unspecified atom stereocenters. The molecule has 0 aliphatic rings. The zero-order valence-electron chi connectivity index (χ0n) is 16.8. The maximum absolute atomic E-state index is 12.8. The highest BCUT2D eigenvalue weighted by Gasteiger charge is 2.15. The van der Waals surface area contributed by atoms with E-state index >= 15 is 0 Å². The highest BCUT2D eigenvalue weighted by molar-refractivity contribution is 5.96. The second kappa shape index (κ2) is 9.85. The molecule has 0 amide bonds. The Kier molecular flexibility index (Phi) is 7.78. The Bertz CT molecular complexity index is 984. The Morgan fingerprint density at radius 1 is 0.964 bits per heavy atom. The van der Waals surface area contributed by atoms with E-state index in [2.05, 4.69) is 18.7 Å². The average molecular weight is 444 g/mol. The van der Waals surface area contributed by atoms with Gasteiger partial charge in [0, 0.05) is 18.7 Å². The predicted octanol–water partition coefficient (Wildman–Crippen LogP) is 0.459. The minimum atomic E-state index is 0. The fourth-order valence-corrected chi connectivity index (χ4v) is 3.44. The third-order valence-electron chi connectivity index (χ3n) is 5.18. The van der Waals surface area contributed by atoms with Crippen molar-refractivity contribution < 1.29 is 21.8 Å². The number of aromatic nitrogens is 2. The molecule has 2 aromatic carbocycles. The van der Waals surface area contributed by atoms with E-state index in [4.69, 9.17) is 5.41 Å². The summed E-state index contributed by atoms with van der Waals surface area (Å²) in [7, 11) is 0. The Hall–Kier alpha value is -2.18. The third kappa shape index (κ3) is 4.62. The van der Waals surface area contributed by atoms with E-state index in [0.29, 0.717) is 11.2 Å². The number of imidazole rings is 1. The number of hydrogen-bond donors (Lipinski definition) is 1. The fourth-order valence-electron chi connectivity index (χ4n) is 3.44. The molecular formula is C22H28BrN4O-. The first-order valence-corrected chi connectivity index (χ1v) is 9.60. The molecule has 0 aliphatic carbocycles. The van der Waals surface area contributed by atoms with Crippen LogP contribution in [0.4, 0.5) is 0 Å². The van der Waals surface area contributed by atoms with Crippen molar-refractivity contribution in [2.75, 3.05) is 19.6 Å². The van der Waals surface area contributed by atoms with Crippen molar-refractivity contribution in [3.63, 3.8) is 0 Å². The van der Waals surface area contributed by atoms with Gasteiger partial charge in [0.25, 0.3) is 0 Å². The standard InChI is InChI=1S/C22H28N4O.BrH/c1-4-24(5-2)14-15-25-19-8-6-7-9-20(19)26(22(25)23)16-21(27)18-12-10-17(3)11-13-18;/h6-13,23H,4-5,14-16H2,1-3H3;1H/p-1. The molecule has 28 heavy (non-hydrogen) atoms. The number of likely N-dealkylation sites (N-methyl/N-ethyl adjacent to an activating group) is 1. The number of aryl methyl sites for hydroxylation is 1. The lowest BCUT2D eigenvalue weighted by molar-refractivity contribution is -0.0000138. The summed E-state index contributed by atoms with van der Waals surface area (Å²) in [5.41, 5.74) is 4.14. The second-order valence-electron chi connectivity index (χ2n) is 6.87. The molecule has 3 aromatic rings. The van der Waals surface area contributed by atoms with E-state index in [-0.39, 0.29) is 29.3 Å². The van der Waals surface area contributed by atoms with Crippen LogP contribution in [0.5, 0.6) is 0 Å². The highest BCUT2D eigenvalue weighted by atomic mass is 79.9. The van der Waals surface area contributed by atoms with Gasteiger partial charge in [-0.2, -0.15) is 0 Å². The summed E-state index contributed by atoms with van der Waals surface area (Å²) in [6.45, 7) is 10.1. The lowest BCUT2D eigenvalue weighted by Crippen LogP contribution is -3.00. The Labute approximate surface area is 176 Å². The molecule has 0 saturated carbocycles. The maximum Gasteiger partial charge on any atom is 0.203 e. The van der Waals surface area contributed by atoms with E-state index in [1.165, 1.54) is 0 Å². The first kappa shape index (κ1) is 22.1. The first-order valence-electron chi connectivity index (χ1n) is 9.60. The van der Waals surface area contributed by atoms with Crippen LogP contribution in [0.25, 0.3) is 11.0 Å². The van der Waals surface area contributed by atoms with Gasteiger partial charge in [-0.25, -0.2) is 0 Å². The lowest BCUT2D eigenvalue weighted by atomic mass is 10.1. The largest absolute Gasteiger partial charge is 1.00 e. The van der Waals surface area contributed by atoms with Gasteiger partial charge in [0.1, 0.15) is 0 Å². The van der Waals surface area contributed by atoms with Crippen LogP contribution in [0.1, 0.15) is 29.8 Å². The van der Waals surface area contributed by atoms with Gasteiger partial charge >= 0.3 is 0 Å². The normalized spacial score (nSPS) is 11.0. The van der Waals surface area contributed by atoms with Crippen molar-refractivity contribution in [2.45, 2.75) is 33.9 Å². The molecule has 0 bridgehead atoms. The number of rotatable bonds is 8. The molecule has 0 saturated heterocycles. The van der Waals surface area contributed by atoms with E-state index in [1.807, 2.05) is 64.6 Å². The summed E-state index contributed by atoms with van der Waals surface area (Å²) < 4.78 is 3.83. The van der Waals surface area contributed by atoms with E-state index in [1.54, 1.807) is 0 Å². The van der Waals surface area contributed by atoms with Gasteiger partial charge in [-0.1, -0.05) is 55.8 Å². The van der Waals surface area contributed by atoms with Gasteiger partial charge in [0.2, 0.25) is 5.62 Å². The van der Waals surface area contributed by atoms with Crippen LogP contribution in [0.15, 0.2) is 48.5 Å². The van der Waals surface area contributed by atoms with Crippen LogP contribution in [0.2, 0.25) is 0 Å². The van der Waals surface area contributed by atoms with Gasteiger partial charge < -0.3 is 31.0 Å². The van der Waals surface area contributed by atoms with Gasteiger partial charge in [0.15, 0.2) is 5.78 Å². The summed E-state index contributed by atoms with van der Waals surface area (Å²) in [5, 5.41) is 8.68. The summed E-state index contributed by atoms with van der Waals surface area (Å²) in [4.78, 5) is 15.1. The number of hydrogen-bond acceptors (Lipinski definition) is 3. The Balaban J connectivity index is 0.00000280. The molecule has 0 atom stereocenters. The molecule has 0 aliphatic heterocycles. The van der Waals surface area contributed by atoms with Gasteiger partial charge in [-0.05, 0) is 32.1 Å². The molecule has 1 N–H and O–H groups in total. The number of fused-ring (bicyclic) bond motifs is 1. The van der Waals surface area contributed by atoms with Gasteiger partial charge in [0.05, 0.1) is 17.6 Å². The van der Waals surface area contributed by atoms with Crippen LogP contribution in [0, 0.1) is 12.3 Å². The zero-order chi connectivity index (χ0) is 19.4. The third-order valence-corrected chi connectivity index (χ3v) is 5.18. The van der Waals surface area contributed by atoms with E-state index in [0.717, 1.165) is 42.8 Å². The maximum atomic E-state index is 12.8. The number of Topliss-reactive ketones (excluding diaryl/α,β-unsaturated/α-hetero) is 1. The Morgan fingerprint density at radius 3 is 2.11 bits per heavy atom. The number of carbonyl (C=O) groups excluding carboxylic acids is 1. The molecule has 0 spiro atoms. The molecule has 6 heteroatoms. The average Bonchev–Trinajstić information content (AvgIpc) is 2.95. The smallest absolute Gasteiger partial charge is 0.203 e. The van der Waals surface area contributed by atoms with Crippen molar-refractivity contribution in [1.82, 2.24) is 14.0 Å².